The predicted molar refractivity (Wildman–Crippen MR) is 65.8 cm³/mol. The van der Waals surface area contributed by atoms with Crippen molar-refractivity contribution in [2.75, 3.05) is 0 Å². The first-order chi connectivity index (χ1) is 8.45. The van der Waals surface area contributed by atoms with Crippen LogP contribution in [-0.4, -0.2) is 11.1 Å². The van der Waals surface area contributed by atoms with Crippen LogP contribution >= 0.6 is 11.6 Å². The molecule has 0 radical (unpaired) electrons. The highest BCUT2D eigenvalue weighted by molar-refractivity contribution is 6.30. The average molecular weight is 263 g/mol. The van der Waals surface area contributed by atoms with E-state index in [4.69, 9.17) is 16.7 Å². The van der Waals surface area contributed by atoms with Gasteiger partial charge in [0.15, 0.2) is 5.41 Å². The lowest BCUT2D eigenvalue weighted by molar-refractivity contribution is -0.141. The lowest BCUT2D eigenvalue weighted by Crippen LogP contribution is -2.27. The van der Waals surface area contributed by atoms with Crippen LogP contribution in [0.1, 0.15) is 18.9 Å². The molecule has 18 heavy (non-hydrogen) atoms. The van der Waals surface area contributed by atoms with Crippen molar-refractivity contribution in [3.8, 4) is 12.1 Å². The van der Waals surface area contributed by atoms with E-state index in [0.29, 0.717) is 10.6 Å². The Bertz CT molecular complexity index is 529. The number of halogens is 1. The van der Waals surface area contributed by atoms with Crippen LogP contribution in [0.2, 0.25) is 5.02 Å². The lowest BCUT2D eigenvalue weighted by atomic mass is 9.76. The van der Waals surface area contributed by atoms with Crippen molar-refractivity contribution in [2.24, 2.45) is 5.92 Å². The molecular formula is C13H11ClN2O2. The summed E-state index contributed by atoms with van der Waals surface area (Å²) in [6.07, 6.45) is -0.0737. The minimum absolute atomic E-state index is 0.0737. The number of nitriles is 2. The molecule has 5 heteroatoms. The molecule has 1 aromatic rings. The quantitative estimate of drug-likeness (QED) is 0.904. The van der Waals surface area contributed by atoms with Crippen LogP contribution in [0.4, 0.5) is 0 Å². The predicted octanol–water partition coefficient (Wildman–Crippen LogP) is 2.74. The van der Waals surface area contributed by atoms with Crippen molar-refractivity contribution >= 4 is 17.6 Å². The van der Waals surface area contributed by atoms with Crippen LogP contribution in [-0.2, 0) is 10.2 Å². The number of hydrogen-bond acceptors (Lipinski definition) is 3. The normalized spacial score (nSPS) is 12.2. The van der Waals surface area contributed by atoms with Crippen molar-refractivity contribution in [2.45, 2.75) is 18.8 Å². The molecule has 4 nitrogen and oxygen atoms in total. The minimum Gasteiger partial charge on any atom is -0.481 e. The molecule has 0 bridgehead atoms. The van der Waals surface area contributed by atoms with E-state index in [0.717, 1.165) is 0 Å². The topological polar surface area (TPSA) is 84.9 Å². The highest BCUT2D eigenvalue weighted by atomic mass is 35.5. The summed E-state index contributed by atoms with van der Waals surface area (Å²) in [4.78, 5) is 10.9. The second kappa shape index (κ2) is 5.53. The molecule has 1 rings (SSSR count). The highest BCUT2D eigenvalue weighted by Gasteiger charge is 2.36. The lowest BCUT2D eigenvalue weighted by Gasteiger charge is -2.21. The van der Waals surface area contributed by atoms with Gasteiger partial charge in [0.25, 0.3) is 0 Å². The van der Waals surface area contributed by atoms with Gasteiger partial charge in [-0.3, -0.25) is 4.79 Å². The molecule has 1 atom stereocenters. The van der Waals surface area contributed by atoms with Crippen molar-refractivity contribution in [3.63, 3.8) is 0 Å². The van der Waals surface area contributed by atoms with Crippen LogP contribution < -0.4 is 0 Å². The summed E-state index contributed by atoms with van der Waals surface area (Å²) < 4.78 is 0. The summed E-state index contributed by atoms with van der Waals surface area (Å²) in [5.41, 5.74) is -1.06. The average Bonchev–Trinajstić information content (AvgIpc) is 2.35. The number of rotatable bonds is 4. The van der Waals surface area contributed by atoms with Gasteiger partial charge in [-0.05, 0) is 24.1 Å². The van der Waals surface area contributed by atoms with Crippen molar-refractivity contribution in [1.29, 1.82) is 10.5 Å². The third kappa shape index (κ3) is 2.80. The summed E-state index contributed by atoms with van der Waals surface area (Å²) in [6, 6.07) is 10.2. The number of carboxylic acids is 1. The third-order valence-corrected chi connectivity index (χ3v) is 2.97. The fourth-order valence-electron chi connectivity index (χ4n) is 1.66. The Morgan fingerprint density at radius 2 is 2.11 bits per heavy atom. The van der Waals surface area contributed by atoms with Crippen LogP contribution in [0.15, 0.2) is 24.3 Å². The van der Waals surface area contributed by atoms with Gasteiger partial charge in [0.05, 0.1) is 18.1 Å². The standard InChI is InChI=1S/C13H11ClN2O2/c1-9(12(17)18)6-13(7-15,8-16)10-3-2-4-11(14)5-10/h2-5,9H,6H2,1H3,(H,17,18). The molecule has 0 spiro atoms. The zero-order chi connectivity index (χ0) is 13.8. The van der Waals surface area contributed by atoms with Gasteiger partial charge in [-0.2, -0.15) is 10.5 Å². The van der Waals surface area contributed by atoms with Crippen molar-refractivity contribution < 1.29 is 9.90 Å². The molecule has 0 heterocycles. The molecule has 0 fully saturated rings. The van der Waals surface area contributed by atoms with Gasteiger partial charge in [0.2, 0.25) is 0 Å². The summed E-state index contributed by atoms with van der Waals surface area (Å²) in [7, 11) is 0. The number of aliphatic carboxylic acids is 1. The van der Waals surface area contributed by atoms with Gasteiger partial charge in [-0.15, -0.1) is 0 Å². The maximum Gasteiger partial charge on any atom is 0.306 e. The van der Waals surface area contributed by atoms with Crippen molar-refractivity contribution in [1.82, 2.24) is 0 Å². The second-order valence-corrected chi connectivity index (χ2v) is 4.52. The van der Waals surface area contributed by atoms with Gasteiger partial charge in [0, 0.05) is 5.02 Å². The second-order valence-electron chi connectivity index (χ2n) is 4.08. The smallest absolute Gasteiger partial charge is 0.306 e. The molecule has 1 N–H and O–H groups in total. The zero-order valence-electron chi connectivity index (χ0n) is 9.72. The van der Waals surface area contributed by atoms with E-state index in [1.807, 2.05) is 12.1 Å². The summed E-state index contributed by atoms with van der Waals surface area (Å²) in [6.45, 7) is 1.47. The molecule has 0 aliphatic carbocycles. The SMILES string of the molecule is CC(CC(C#N)(C#N)c1cccc(Cl)c1)C(=O)O. The molecule has 1 unspecified atom stereocenters. The first-order valence-corrected chi connectivity index (χ1v) is 5.64. The van der Waals surface area contributed by atoms with Crippen molar-refractivity contribution in [3.05, 3.63) is 34.9 Å². The van der Waals surface area contributed by atoms with Crippen LogP contribution in [0.5, 0.6) is 0 Å². The molecule has 1 aromatic carbocycles. The van der Waals surface area contributed by atoms with Crippen LogP contribution in [0.25, 0.3) is 0 Å². The van der Waals surface area contributed by atoms with E-state index in [9.17, 15) is 15.3 Å². The first-order valence-electron chi connectivity index (χ1n) is 5.26. The first kappa shape index (κ1) is 14.0. The fraction of sp³-hybridized carbons (Fsp3) is 0.308. The monoisotopic (exact) mass is 262 g/mol. The maximum atomic E-state index is 10.9. The van der Waals surface area contributed by atoms with Crippen LogP contribution in [0.3, 0.4) is 0 Å². The Labute approximate surface area is 110 Å². The van der Waals surface area contributed by atoms with Gasteiger partial charge < -0.3 is 5.11 Å². The minimum atomic E-state index is -1.48. The maximum absolute atomic E-state index is 10.9. The van der Waals surface area contributed by atoms with E-state index < -0.39 is 17.3 Å². The molecule has 92 valence electrons. The summed E-state index contributed by atoms with van der Waals surface area (Å²) in [5, 5.41) is 27.8. The molecule has 0 aromatic heterocycles. The Morgan fingerprint density at radius 1 is 1.50 bits per heavy atom. The molecule has 0 aliphatic rings. The molecular weight excluding hydrogens is 252 g/mol. The Kier molecular flexibility index (Phi) is 4.31. The fourth-order valence-corrected chi connectivity index (χ4v) is 1.85. The highest BCUT2D eigenvalue weighted by Crippen LogP contribution is 2.31. The van der Waals surface area contributed by atoms with Gasteiger partial charge in [-0.25, -0.2) is 0 Å². The van der Waals surface area contributed by atoms with E-state index in [1.54, 1.807) is 18.2 Å². The van der Waals surface area contributed by atoms with E-state index in [2.05, 4.69) is 0 Å². The Balaban J connectivity index is 3.21. The number of hydrogen-bond donors (Lipinski definition) is 1. The van der Waals surface area contributed by atoms with E-state index in [-0.39, 0.29) is 6.42 Å². The number of benzene rings is 1. The molecule has 0 amide bonds. The number of carbonyl (C=O) groups is 1. The molecule has 0 saturated heterocycles. The summed E-state index contributed by atoms with van der Waals surface area (Å²) >= 11 is 5.83. The van der Waals surface area contributed by atoms with Gasteiger partial charge in [0.1, 0.15) is 0 Å². The third-order valence-electron chi connectivity index (χ3n) is 2.73. The van der Waals surface area contributed by atoms with E-state index >= 15 is 0 Å². The van der Waals surface area contributed by atoms with Crippen LogP contribution in [0, 0.1) is 28.6 Å². The van der Waals surface area contributed by atoms with E-state index in [1.165, 1.54) is 13.0 Å². The summed E-state index contributed by atoms with van der Waals surface area (Å²) in [5.74, 6) is -1.82. The Morgan fingerprint density at radius 3 is 2.56 bits per heavy atom. The zero-order valence-corrected chi connectivity index (χ0v) is 10.5. The van der Waals surface area contributed by atoms with Gasteiger partial charge >= 0.3 is 5.97 Å². The molecule has 0 saturated carbocycles. The largest absolute Gasteiger partial charge is 0.481 e. The Hall–Kier alpha value is -2.04. The van der Waals surface area contributed by atoms with Gasteiger partial charge in [-0.1, -0.05) is 30.7 Å². The number of nitrogens with zero attached hydrogens (tertiary/aromatic N) is 2. The molecule has 0 aliphatic heterocycles. The number of carboxylic acid groups (broad SMARTS) is 1.